The van der Waals surface area contributed by atoms with Gasteiger partial charge < -0.3 is 5.32 Å². The van der Waals surface area contributed by atoms with Crippen molar-refractivity contribution in [2.45, 2.75) is 20.0 Å². The second-order valence-corrected chi connectivity index (χ2v) is 4.50. The van der Waals surface area contributed by atoms with Crippen LogP contribution in [0.3, 0.4) is 0 Å². The zero-order valence-electron chi connectivity index (χ0n) is 12.1. The van der Waals surface area contributed by atoms with Crippen LogP contribution in [0.1, 0.15) is 27.3 Å². The molecule has 0 fully saturated rings. The Bertz CT molecular complexity index is 813. The van der Waals surface area contributed by atoms with Gasteiger partial charge in [-0.25, -0.2) is 0 Å². The Kier molecular flexibility index (Phi) is 5.13. The van der Waals surface area contributed by atoms with Crippen LogP contribution in [0.2, 0.25) is 0 Å². The Labute approximate surface area is 130 Å². The van der Waals surface area contributed by atoms with Crippen molar-refractivity contribution in [3.8, 4) is 0 Å². The van der Waals surface area contributed by atoms with E-state index in [1.807, 2.05) is 0 Å². The van der Waals surface area contributed by atoms with E-state index in [-0.39, 0.29) is 24.7 Å². The fraction of sp³-hybridized carbons (Fsp3) is 0.250. The van der Waals surface area contributed by atoms with E-state index in [0.717, 1.165) is 0 Å². The number of hydrogen-bond donors (Lipinski definition) is 2. The summed E-state index contributed by atoms with van der Waals surface area (Å²) in [7, 11) is 0. The van der Waals surface area contributed by atoms with Crippen LogP contribution in [0.15, 0.2) is 28.4 Å². The van der Waals surface area contributed by atoms with Gasteiger partial charge in [0.25, 0.3) is 5.91 Å². The minimum Gasteiger partial charge on any atom is -0.346 e. The molecule has 2 N–H and O–H groups in total. The van der Waals surface area contributed by atoms with Crippen molar-refractivity contribution in [2.24, 2.45) is 10.2 Å². The number of carbonyl (C=O) groups excluding carboxylic acids is 1. The molecule has 1 aromatic heterocycles. The van der Waals surface area contributed by atoms with Gasteiger partial charge in [-0.3, -0.25) is 4.79 Å². The molecular formula is C12H12N10O. The molecule has 0 radical (unpaired) electrons. The first-order valence-corrected chi connectivity index (χ1v) is 6.48. The van der Waals surface area contributed by atoms with Crippen LogP contribution < -0.4 is 5.32 Å². The molecule has 0 bridgehead atoms. The van der Waals surface area contributed by atoms with Gasteiger partial charge in [-0.2, -0.15) is 15.4 Å². The maximum absolute atomic E-state index is 12.2. The van der Waals surface area contributed by atoms with Gasteiger partial charge in [-0.15, -0.1) is 0 Å². The van der Waals surface area contributed by atoms with E-state index in [9.17, 15) is 4.79 Å². The van der Waals surface area contributed by atoms with Crippen molar-refractivity contribution in [1.82, 2.24) is 20.7 Å². The monoisotopic (exact) mass is 312 g/mol. The van der Waals surface area contributed by atoms with Crippen LogP contribution >= 0.6 is 0 Å². The molecule has 0 atom stereocenters. The Morgan fingerprint density at radius 2 is 2.13 bits per heavy atom. The summed E-state index contributed by atoms with van der Waals surface area (Å²) in [6, 6.07) is 4.56. The fourth-order valence-corrected chi connectivity index (χ4v) is 1.86. The average molecular weight is 312 g/mol. The van der Waals surface area contributed by atoms with Crippen LogP contribution in [-0.4, -0.2) is 21.3 Å². The topological polar surface area (TPSA) is 168 Å². The van der Waals surface area contributed by atoms with Crippen LogP contribution in [0.25, 0.3) is 20.9 Å². The Morgan fingerprint density at radius 1 is 1.30 bits per heavy atom. The van der Waals surface area contributed by atoms with Gasteiger partial charge in [0.15, 0.2) is 0 Å². The normalized spacial score (nSPS) is 9.61. The molecule has 11 nitrogen and oxygen atoms in total. The average Bonchev–Trinajstić information content (AvgIpc) is 2.96. The number of carbonyl (C=O) groups is 1. The minimum atomic E-state index is -0.371. The number of nitrogens with one attached hydrogen (secondary N) is 2. The lowest BCUT2D eigenvalue weighted by Gasteiger charge is -2.07. The first-order chi connectivity index (χ1) is 11.1. The third kappa shape index (κ3) is 4.21. The lowest BCUT2D eigenvalue weighted by Crippen LogP contribution is -2.23. The molecule has 23 heavy (non-hydrogen) atoms. The third-order valence-electron chi connectivity index (χ3n) is 2.95. The van der Waals surface area contributed by atoms with E-state index in [1.165, 1.54) is 6.07 Å². The minimum absolute atomic E-state index is 0.0496. The van der Waals surface area contributed by atoms with Crippen LogP contribution in [0.4, 0.5) is 5.69 Å². The zero-order chi connectivity index (χ0) is 16.7. The molecule has 0 unspecified atom stereocenters. The molecule has 1 amide bonds. The van der Waals surface area contributed by atoms with Gasteiger partial charge >= 0.3 is 0 Å². The molecule has 2 aromatic rings. The fourth-order valence-electron chi connectivity index (χ4n) is 1.86. The highest BCUT2D eigenvalue weighted by Crippen LogP contribution is 2.19. The smallest absolute Gasteiger partial charge is 0.251 e. The van der Waals surface area contributed by atoms with E-state index in [2.05, 4.69) is 40.8 Å². The predicted octanol–water partition coefficient (Wildman–Crippen LogP) is 2.80. The molecule has 11 heteroatoms. The Balaban J connectivity index is 2.20. The lowest BCUT2D eigenvalue weighted by molar-refractivity contribution is 0.0950. The summed E-state index contributed by atoms with van der Waals surface area (Å²) >= 11 is 0. The van der Waals surface area contributed by atoms with Crippen molar-refractivity contribution in [1.29, 1.82) is 0 Å². The summed E-state index contributed by atoms with van der Waals surface area (Å²) in [4.78, 5) is 17.6. The summed E-state index contributed by atoms with van der Waals surface area (Å²) in [5.74, 6) is -0.371. The first kappa shape index (κ1) is 15.8. The molecule has 0 aliphatic carbocycles. The lowest BCUT2D eigenvalue weighted by atomic mass is 10.1. The van der Waals surface area contributed by atoms with Gasteiger partial charge in [0.1, 0.15) is 5.69 Å². The number of amides is 1. The molecule has 116 valence electrons. The Hall–Kier alpha value is -3.55. The molecule has 0 spiro atoms. The number of rotatable bonds is 6. The van der Waals surface area contributed by atoms with E-state index in [0.29, 0.717) is 22.5 Å². The molecule has 1 aromatic carbocycles. The zero-order valence-corrected chi connectivity index (χ0v) is 12.1. The van der Waals surface area contributed by atoms with E-state index in [1.54, 1.807) is 19.1 Å². The van der Waals surface area contributed by atoms with Crippen LogP contribution in [0, 0.1) is 6.92 Å². The molecule has 0 saturated carbocycles. The molecular weight excluding hydrogens is 300 g/mol. The number of H-pyrrole nitrogens is 1. The van der Waals surface area contributed by atoms with Gasteiger partial charge in [0, 0.05) is 21.1 Å². The number of hydrogen-bond acceptors (Lipinski definition) is 5. The van der Waals surface area contributed by atoms with Gasteiger partial charge in [-0.05, 0) is 41.7 Å². The van der Waals surface area contributed by atoms with E-state index < -0.39 is 0 Å². The summed E-state index contributed by atoms with van der Waals surface area (Å²) in [6.45, 7) is 2.03. The summed E-state index contributed by atoms with van der Waals surface area (Å²) in [5.41, 5.74) is 19.3. The first-order valence-electron chi connectivity index (χ1n) is 6.48. The quantitative estimate of drug-likeness (QED) is 0.475. The van der Waals surface area contributed by atoms with Crippen molar-refractivity contribution in [2.75, 3.05) is 0 Å². The van der Waals surface area contributed by atoms with Crippen molar-refractivity contribution in [3.63, 3.8) is 0 Å². The number of azide groups is 2. The van der Waals surface area contributed by atoms with Crippen molar-refractivity contribution in [3.05, 3.63) is 61.6 Å². The van der Waals surface area contributed by atoms with E-state index in [4.69, 9.17) is 11.1 Å². The summed E-state index contributed by atoms with van der Waals surface area (Å²) in [6.07, 6.45) is 0. The molecule has 0 saturated heterocycles. The SMILES string of the molecule is Cc1n[nH]nc1CNC(=O)c1cc(CN=[N+]=[N-])cc(N=[N+]=[N-])c1. The van der Waals surface area contributed by atoms with Crippen molar-refractivity contribution >= 4 is 11.6 Å². The van der Waals surface area contributed by atoms with Gasteiger partial charge in [-0.1, -0.05) is 10.2 Å². The highest BCUT2D eigenvalue weighted by Gasteiger charge is 2.10. The second-order valence-electron chi connectivity index (χ2n) is 4.50. The molecule has 2 rings (SSSR count). The molecule has 0 aliphatic rings. The second kappa shape index (κ2) is 7.46. The summed E-state index contributed by atoms with van der Waals surface area (Å²) < 4.78 is 0. The number of nitrogens with zero attached hydrogens (tertiary/aromatic N) is 8. The predicted molar refractivity (Wildman–Crippen MR) is 80.4 cm³/mol. The third-order valence-corrected chi connectivity index (χ3v) is 2.95. The number of aromatic amines is 1. The maximum Gasteiger partial charge on any atom is 0.251 e. The van der Waals surface area contributed by atoms with E-state index >= 15 is 0 Å². The van der Waals surface area contributed by atoms with Crippen LogP contribution in [-0.2, 0) is 13.1 Å². The standard InChI is InChI=1S/C12H12N10O/c1-7-11(19-22-17-7)6-15-12(23)9-2-8(5-16-20-13)3-10(4-9)18-21-14/h2-4H,5-6H2,1H3,(H,15,23)(H,17,19,22). The molecule has 1 heterocycles. The highest BCUT2D eigenvalue weighted by atomic mass is 16.1. The largest absolute Gasteiger partial charge is 0.346 e. The number of benzene rings is 1. The number of aryl methyl sites for hydroxylation is 1. The van der Waals surface area contributed by atoms with Gasteiger partial charge in [0.05, 0.1) is 18.8 Å². The summed E-state index contributed by atoms with van der Waals surface area (Å²) in [5, 5.41) is 19.9. The van der Waals surface area contributed by atoms with Crippen molar-refractivity contribution < 1.29 is 4.79 Å². The highest BCUT2D eigenvalue weighted by molar-refractivity contribution is 5.95. The maximum atomic E-state index is 12.2. The van der Waals surface area contributed by atoms with Crippen LogP contribution in [0.5, 0.6) is 0 Å². The number of aromatic nitrogens is 3. The molecule has 0 aliphatic heterocycles. The van der Waals surface area contributed by atoms with Gasteiger partial charge in [0.2, 0.25) is 0 Å². The Morgan fingerprint density at radius 3 is 2.78 bits per heavy atom.